The molecule has 0 atom stereocenters. The molecule has 0 bridgehead atoms. The van der Waals surface area contributed by atoms with Crippen molar-refractivity contribution < 1.29 is 9.52 Å². The van der Waals surface area contributed by atoms with E-state index >= 15 is 0 Å². The van der Waals surface area contributed by atoms with Crippen LogP contribution in [0.1, 0.15) is 25.5 Å². The fourth-order valence-electron chi connectivity index (χ4n) is 0.848. The normalized spacial score (nSPS) is 12.0. The molecule has 0 aliphatic heterocycles. The predicted octanol–water partition coefficient (Wildman–Crippen LogP) is 0.403. The summed E-state index contributed by atoms with van der Waals surface area (Å²) in [5.74, 6) is 1.06. The average molecular weight is 170 g/mol. The zero-order chi connectivity index (χ0) is 9.19. The van der Waals surface area contributed by atoms with Crippen molar-refractivity contribution in [3.63, 3.8) is 0 Å². The molecule has 0 saturated heterocycles. The monoisotopic (exact) mass is 170 g/mol. The summed E-state index contributed by atoms with van der Waals surface area (Å²) in [5, 5.41) is 9.48. The fourth-order valence-corrected chi connectivity index (χ4v) is 0.848. The molecule has 0 unspecified atom stereocenters. The quantitative estimate of drug-likeness (QED) is 0.688. The fraction of sp³-hybridized carbons (Fsp3) is 0.625. The van der Waals surface area contributed by atoms with E-state index in [0.717, 1.165) is 5.76 Å². The molecule has 4 heteroatoms. The molecule has 0 aliphatic carbocycles. The molecule has 68 valence electrons. The Hall–Kier alpha value is -0.870. The number of aliphatic hydroxyl groups is 1. The molecular weight excluding hydrogens is 156 g/mol. The molecule has 0 aromatic carbocycles. The first-order valence-electron chi connectivity index (χ1n) is 3.91. The first kappa shape index (κ1) is 9.22. The van der Waals surface area contributed by atoms with E-state index in [4.69, 9.17) is 10.2 Å². The van der Waals surface area contributed by atoms with E-state index in [-0.39, 0.29) is 0 Å². The summed E-state index contributed by atoms with van der Waals surface area (Å²) in [6, 6.07) is 0. The summed E-state index contributed by atoms with van der Waals surface area (Å²) >= 11 is 0. The zero-order valence-electron chi connectivity index (χ0n) is 7.37. The average Bonchev–Trinajstić information content (AvgIpc) is 2.35. The Labute approximate surface area is 71.4 Å². The Morgan fingerprint density at radius 3 is 2.75 bits per heavy atom. The SMILES string of the molecule is CC(C)(O)c1ncc(CCN)o1. The summed E-state index contributed by atoms with van der Waals surface area (Å²) < 4.78 is 5.25. The zero-order valence-corrected chi connectivity index (χ0v) is 7.37. The molecule has 1 heterocycles. The highest BCUT2D eigenvalue weighted by atomic mass is 16.4. The van der Waals surface area contributed by atoms with Gasteiger partial charge in [-0.2, -0.15) is 0 Å². The van der Waals surface area contributed by atoms with Gasteiger partial charge in [-0.25, -0.2) is 4.98 Å². The third-order valence-electron chi connectivity index (χ3n) is 1.47. The third kappa shape index (κ3) is 2.06. The summed E-state index contributed by atoms with van der Waals surface area (Å²) in [5.41, 5.74) is 4.32. The molecule has 0 radical (unpaired) electrons. The number of oxazole rings is 1. The Morgan fingerprint density at radius 2 is 2.33 bits per heavy atom. The summed E-state index contributed by atoms with van der Waals surface area (Å²) in [7, 11) is 0. The van der Waals surface area contributed by atoms with Gasteiger partial charge in [-0.15, -0.1) is 0 Å². The van der Waals surface area contributed by atoms with Crippen LogP contribution in [0.5, 0.6) is 0 Å². The second-order valence-electron chi connectivity index (χ2n) is 3.23. The second-order valence-corrected chi connectivity index (χ2v) is 3.23. The van der Waals surface area contributed by atoms with Crippen LogP contribution in [0.25, 0.3) is 0 Å². The van der Waals surface area contributed by atoms with Crippen molar-refractivity contribution >= 4 is 0 Å². The Morgan fingerprint density at radius 1 is 1.67 bits per heavy atom. The van der Waals surface area contributed by atoms with E-state index in [2.05, 4.69) is 4.98 Å². The van der Waals surface area contributed by atoms with Gasteiger partial charge in [-0.05, 0) is 20.4 Å². The lowest BCUT2D eigenvalue weighted by atomic mass is 10.1. The smallest absolute Gasteiger partial charge is 0.225 e. The standard InChI is InChI=1S/C8H14N2O2/c1-8(2,11)7-10-5-6(12-7)3-4-9/h5,11H,3-4,9H2,1-2H3. The van der Waals surface area contributed by atoms with Crippen LogP contribution in [-0.4, -0.2) is 16.6 Å². The minimum Gasteiger partial charge on any atom is -0.443 e. The van der Waals surface area contributed by atoms with Gasteiger partial charge in [0, 0.05) is 6.42 Å². The van der Waals surface area contributed by atoms with Gasteiger partial charge in [0.05, 0.1) is 6.20 Å². The van der Waals surface area contributed by atoms with Crippen molar-refractivity contribution in [2.45, 2.75) is 25.9 Å². The first-order valence-corrected chi connectivity index (χ1v) is 3.91. The highest BCUT2D eigenvalue weighted by Crippen LogP contribution is 2.18. The third-order valence-corrected chi connectivity index (χ3v) is 1.47. The minimum atomic E-state index is -1.01. The second kappa shape index (κ2) is 3.25. The van der Waals surface area contributed by atoms with Crippen LogP contribution in [0.4, 0.5) is 0 Å². The van der Waals surface area contributed by atoms with Gasteiger partial charge in [-0.1, -0.05) is 0 Å². The van der Waals surface area contributed by atoms with Crippen molar-refractivity contribution in [2.24, 2.45) is 5.73 Å². The largest absolute Gasteiger partial charge is 0.443 e. The molecule has 0 aliphatic rings. The summed E-state index contributed by atoms with van der Waals surface area (Å²) in [4.78, 5) is 3.93. The van der Waals surface area contributed by atoms with Crippen LogP contribution in [0.15, 0.2) is 10.6 Å². The van der Waals surface area contributed by atoms with E-state index in [1.807, 2.05) is 0 Å². The van der Waals surface area contributed by atoms with Crippen molar-refractivity contribution in [2.75, 3.05) is 6.54 Å². The van der Waals surface area contributed by atoms with Crippen LogP contribution in [0.3, 0.4) is 0 Å². The van der Waals surface area contributed by atoms with E-state index in [1.54, 1.807) is 20.0 Å². The Balaban J connectivity index is 2.77. The van der Waals surface area contributed by atoms with Crippen LogP contribution in [0.2, 0.25) is 0 Å². The maximum Gasteiger partial charge on any atom is 0.225 e. The Kier molecular flexibility index (Phi) is 2.49. The van der Waals surface area contributed by atoms with Crippen LogP contribution < -0.4 is 5.73 Å². The van der Waals surface area contributed by atoms with Gasteiger partial charge in [-0.3, -0.25) is 0 Å². The molecule has 0 amide bonds. The molecule has 0 spiro atoms. The van der Waals surface area contributed by atoms with Gasteiger partial charge < -0.3 is 15.3 Å². The number of rotatable bonds is 3. The lowest BCUT2D eigenvalue weighted by molar-refractivity contribution is 0.0472. The van der Waals surface area contributed by atoms with Crippen LogP contribution in [-0.2, 0) is 12.0 Å². The van der Waals surface area contributed by atoms with Crippen molar-refractivity contribution in [3.8, 4) is 0 Å². The molecule has 1 aromatic heterocycles. The van der Waals surface area contributed by atoms with Gasteiger partial charge in [0.1, 0.15) is 11.4 Å². The lowest BCUT2D eigenvalue weighted by Gasteiger charge is -2.10. The number of hydrogen-bond acceptors (Lipinski definition) is 4. The Bertz CT molecular complexity index is 250. The van der Waals surface area contributed by atoms with E-state index in [1.165, 1.54) is 0 Å². The van der Waals surface area contributed by atoms with Gasteiger partial charge in [0.25, 0.3) is 0 Å². The topological polar surface area (TPSA) is 72.3 Å². The molecule has 12 heavy (non-hydrogen) atoms. The van der Waals surface area contributed by atoms with E-state index in [0.29, 0.717) is 18.9 Å². The minimum absolute atomic E-state index is 0.339. The van der Waals surface area contributed by atoms with E-state index in [9.17, 15) is 5.11 Å². The molecule has 0 saturated carbocycles. The van der Waals surface area contributed by atoms with Crippen LogP contribution in [0, 0.1) is 0 Å². The van der Waals surface area contributed by atoms with Crippen molar-refractivity contribution in [1.82, 2.24) is 4.98 Å². The highest BCUT2D eigenvalue weighted by molar-refractivity contribution is 4.99. The maximum absolute atomic E-state index is 9.48. The first-order chi connectivity index (χ1) is 5.54. The lowest BCUT2D eigenvalue weighted by Crippen LogP contribution is -2.15. The summed E-state index contributed by atoms with van der Waals surface area (Å²) in [6.45, 7) is 3.79. The molecule has 1 rings (SSSR count). The number of nitrogens with zero attached hydrogens (tertiary/aromatic N) is 1. The van der Waals surface area contributed by atoms with E-state index < -0.39 is 5.60 Å². The summed E-state index contributed by atoms with van der Waals surface area (Å²) in [6.07, 6.45) is 2.25. The predicted molar refractivity (Wildman–Crippen MR) is 44.5 cm³/mol. The maximum atomic E-state index is 9.48. The molecule has 3 N–H and O–H groups in total. The van der Waals surface area contributed by atoms with Gasteiger partial charge >= 0.3 is 0 Å². The highest BCUT2D eigenvalue weighted by Gasteiger charge is 2.21. The molecule has 4 nitrogen and oxygen atoms in total. The van der Waals surface area contributed by atoms with Gasteiger partial charge in [0.15, 0.2) is 0 Å². The van der Waals surface area contributed by atoms with Crippen molar-refractivity contribution in [3.05, 3.63) is 17.8 Å². The number of aromatic nitrogens is 1. The number of hydrogen-bond donors (Lipinski definition) is 2. The molecular formula is C8H14N2O2. The van der Waals surface area contributed by atoms with Crippen molar-refractivity contribution in [1.29, 1.82) is 0 Å². The van der Waals surface area contributed by atoms with Gasteiger partial charge in [0.2, 0.25) is 5.89 Å². The number of nitrogens with two attached hydrogens (primary N) is 1. The molecule has 0 fully saturated rings. The molecule has 1 aromatic rings. The van der Waals surface area contributed by atoms with Crippen LogP contribution >= 0.6 is 0 Å².